The van der Waals surface area contributed by atoms with Crippen molar-refractivity contribution < 1.29 is 18.0 Å². The van der Waals surface area contributed by atoms with Gasteiger partial charge in [-0.25, -0.2) is 8.42 Å². The number of likely N-dealkylation sites (N-methyl/N-ethyl adjacent to an activating group) is 1. The van der Waals surface area contributed by atoms with E-state index in [0.717, 1.165) is 11.8 Å². The largest absolute Gasteiger partial charge is 0.355 e. The monoisotopic (exact) mass is 479 g/mol. The van der Waals surface area contributed by atoms with E-state index in [9.17, 15) is 18.0 Å². The van der Waals surface area contributed by atoms with Gasteiger partial charge in [-0.05, 0) is 50.1 Å². The Labute approximate surface area is 195 Å². The predicted molar refractivity (Wildman–Crippen MR) is 128 cm³/mol. The lowest BCUT2D eigenvalue weighted by molar-refractivity contribution is -0.140. The molecule has 0 aliphatic rings. The average Bonchev–Trinajstić information content (AvgIpc) is 2.75. The summed E-state index contributed by atoms with van der Waals surface area (Å²) in [6, 6.07) is 15.3. The quantitative estimate of drug-likeness (QED) is 0.534. The lowest BCUT2D eigenvalue weighted by Crippen LogP contribution is -2.47. The number of amides is 2. The number of halogens is 1. The Balaban J connectivity index is 2.11. The van der Waals surface area contributed by atoms with Gasteiger partial charge in [0.25, 0.3) is 0 Å². The summed E-state index contributed by atoms with van der Waals surface area (Å²) in [6.07, 6.45) is 1.54. The van der Waals surface area contributed by atoms with E-state index in [2.05, 4.69) is 5.32 Å². The van der Waals surface area contributed by atoms with Crippen molar-refractivity contribution in [3.63, 3.8) is 0 Å². The van der Waals surface area contributed by atoms with Crippen LogP contribution in [-0.4, -0.2) is 50.5 Å². The van der Waals surface area contributed by atoms with Gasteiger partial charge in [-0.15, -0.1) is 0 Å². The molecule has 1 atom stereocenters. The van der Waals surface area contributed by atoms with Crippen molar-refractivity contribution in [1.82, 2.24) is 10.2 Å². The molecule has 0 aliphatic heterocycles. The molecule has 0 spiro atoms. The zero-order valence-corrected chi connectivity index (χ0v) is 20.2. The molecule has 1 N–H and O–H groups in total. The van der Waals surface area contributed by atoms with Crippen LogP contribution in [0.2, 0.25) is 5.02 Å². The van der Waals surface area contributed by atoms with Gasteiger partial charge in [0.15, 0.2) is 0 Å². The summed E-state index contributed by atoms with van der Waals surface area (Å²) in [5.41, 5.74) is 1.40. The number of nitrogens with zero attached hydrogens (tertiary/aromatic N) is 2. The fourth-order valence-electron chi connectivity index (χ4n) is 3.30. The van der Waals surface area contributed by atoms with Gasteiger partial charge >= 0.3 is 0 Å². The minimum Gasteiger partial charge on any atom is -0.355 e. The van der Waals surface area contributed by atoms with Crippen molar-refractivity contribution >= 4 is 39.1 Å². The Morgan fingerprint density at radius 3 is 2.25 bits per heavy atom. The lowest BCUT2D eigenvalue weighted by atomic mass is 10.1. The molecule has 0 bridgehead atoms. The molecule has 174 valence electrons. The van der Waals surface area contributed by atoms with Crippen LogP contribution < -0.4 is 9.62 Å². The number of nitrogens with one attached hydrogen (secondary N) is 1. The molecule has 0 saturated carbocycles. The summed E-state index contributed by atoms with van der Waals surface area (Å²) in [5, 5.41) is 3.26. The summed E-state index contributed by atoms with van der Waals surface area (Å²) in [5.74, 6) is -0.437. The number of anilines is 1. The summed E-state index contributed by atoms with van der Waals surface area (Å²) >= 11 is 5.90. The van der Waals surface area contributed by atoms with Crippen LogP contribution in [0.5, 0.6) is 0 Å². The standard InChI is InChI=1S/C23H30ClN3O4S/c1-4-25-23(29)18(2)26(17-19-9-6-5-7-10-19)22(28)11-8-16-27(32(3,30)31)21-14-12-20(24)13-15-21/h5-7,9-10,12-15,18H,4,8,11,16-17H2,1-3H3,(H,25,29). The van der Waals surface area contributed by atoms with E-state index >= 15 is 0 Å². The number of carbonyl (C=O) groups is 2. The molecule has 0 aromatic heterocycles. The van der Waals surface area contributed by atoms with Crippen molar-refractivity contribution in [1.29, 1.82) is 0 Å². The van der Waals surface area contributed by atoms with E-state index < -0.39 is 16.1 Å². The minimum absolute atomic E-state index is 0.107. The molecule has 0 fully saturated rings. The van der Waals surface area contributed by atoms with Crippen molar-refractivity contribution in [3.8, 4) is 0 Å². The van der Waals surface area contributed by atoms with E-state index in [0.29, 0.717) is 30.2 Å². The molecule has 32 heavy (non-hydrogen) atoms. The maximum atomic E-state index is 13.1. The Morgan fingerprint density at radius 1 is 1.06 bits per heavy atom. The molecule has 0 heterocycles. The lowest BCUT2D eigenvalue weighted by Gasteiger charge is -2.29. The third-order valence-electron chi connectivity index (χ3n) is 4.98. The number of hydrogen-bond acceptors (Lipinski definition) is 4. The van der Waals surface area contributed by atoms with E-state index in [1.807, 2.05) is 37.3 Å². The Hall–Kier alpha value is -2.58. The highest BCUT2D eigenvalue weighted by molar-refractivity contribution is 7.92. The number of hydrogen-bond donors (Lipinski definition) is 1. The van der Waals surface area contributed by atoms with Gasteiger partial charge in [-0.2, -0.15) is 0 Å². The van der Waals surface area contributed by atoms with Crippen LogP contribution in [0.4, 0.5) is 5.69 Å². The van der Waals surface area contributed by atoms with E-state index in [4.69, 9.17) is 11.6 Å². The van der Waals surface area contributed by atoms with Crippen LogP contribution in [0.25, 0.3) is 0 Å². The van der Waals surface area contributed by atoms with E-state index in [1.54, 1.807) is 31.2 Å². The molecule has 9 heteroatoms. The number of carbonyl (C=O) groups excluding carboxylic acids is 2. The van der Waals surface area contributed by atoms with Crippen LogP contribution in [0.1, 0.15) is 32.3 Å². The van der Waals surface area contributed by atoms with Crippen molar-refractivity contribution in [2.75, 3.05) is 23.7 Å². The highest BCUT2D eigenvalue weighted by Gasteiger charge is 2.26. The summed E-state index contributed by atoms with van der Waals surface area (Å²) in [4.78, 5) is 27.0. The van der Waals surface area contributed by atoms with Crippen LogP contribution >= 0.6 is 11.6 Å². The average molecular weight is 480 g/mol. The third-order valence-corrected chi connectivity index (χ3v) is 6.43. The summed E-state index contributed by atoms with van der Waals surface area (Å²) in [6.45, 7) is 4.43. The molecule has 2 rings (SSSR count). The molecule has 7 nitrogen and oxygen atoms in total. The smallest absolute Gasteiger partial charge is 0.242 e. The first kappa shape index (κ1) is 25.7. The number of sulfonamides is 1. The summed E-state index contributed by atoms with van der Waals surface area (Å²) < 4.78 is 25.8. The first-order valence-electron chi connectivity index (χ1n) is 10.5. The molecule has 0 radical (unpaired) electrons. The van der Waals surface area contributed by atoms with Crippen LogP contribution in [-0.2, 0) is 26.2 Å². The first-order chi connectivity index (χ1) is 15.1. The zero-order valence-electron chi connectivity index (χ0n) is 18.6. The van der Waals surface area contributed by atoms with Gasteiger partial charge in [0.2, 0.25) is 21.8 Å². The van der Waals surface area contributed by atoms with Gasteiger partial charge < -0.3 is 10.2 Å². The highest BCUT2D eigenvalue weighted by Crippen LogP contribution is 2.21. The second-order valence-electron chi connectivity index (χ2n) is 7.49. The minimum atomic E-state index is -3.53. The van der Waals surface area contributed by atoms with Gasteiger partial charge in [0, 0.05) is 31.1 Å². The third kappa shape index (κ3) is 7.53. The maximum absolute atomic E-state index is 13.1. The molecular weight excluding hydrogens is 450 g/mol. The molecule has 0 saturated heterocycles. The Kier molecular flexibility index (Phi) is 9.53. The van der Waals surface area contributed by atoms with Crippen LogP contribution in [0, 0.1) is 0 Å². The predicted octanol–water partition coefficient (Wildman–Crippen LogP) is 3.44. The summed E-state index contributed by atoms with van der Waals surface area (Å²) in [7, 11) is -3.53. The molecule has 1 unspecified atom stereocenters. The van der Waals surface area contributed by atoms with Crippen molar-refractivity contribution in [2.45, 2.75) is 39.3 Å². The first-order valence-corrected chi connectivity index (χ1v) is 12.7. The number of rotatable bonds is 11. The van der Waals surface area contributed by atoms with Gasteiger partial charge in [0.1, 0.15) is 6.04 Å². The SMILES string of the molecule is CCNC(=O)C(C)N(Cc1ccccc1)C(=O)CCCN(c1ccc(Cl)cc1)S(C)(=O)=O. The Bertz CT molecular complexity index is 998. The molecule has 2 aromatic carbocycles. The van der Waals surface area contributed by atoms with Gasteiger partial charge in [0.05, 0.1) is 11.9 Å². The fourth-order valence-corrected chi connectivity index (χ4v) is 4.39. The van der Waals surface area contributed by atoms with Gasteiger partial charge in [-0.1, -0.05) is 41.9 Å². The second-order valence-corrected chi connectivity index (χ2v) is 9.84. The number of benzene rings is 2. The molecule has 2 amide bonds. The molecular formula is C23H30ClN3O4S. The second kappa shape index (κ2) is 11.9. The molecule has 0 aliphatic carbocycles. The maximum Gasteiger partial charge on any atom is 0.242 e. The fraction of sp³-hybridized carbons (Fsp3) is 0.391. The van der Waals surface area contributed by atoms with Gasteiger partial charge in [-0.3, -0.25) is 13.9 Å². The normalized spacial score (nSPS) is 12.1. The highest BCUT2D eigenvalue weighted by atomic mass is 35.5. The van der Waals surface area contributed by atoms with Crippen LogP contribution in [0.3, 0.4) is 0 Å². The van der Waals surface area contributed by atoms with Crippen molar-refractivity contribution in [3.05, 3.63) is 65.2 Å². The van der Waals surface area contributed by atoms with E-state index in [1.165, 1.54) is 9.21 Å². The van der Waals surface area contributed by atoms with Crippen molar-refractivity contribution in [2.24, 2.45) is 0 Å². The van der Waals surface area contributed by atoms with E-state index in [-0.39, 0.29) is 24.8 Å². The topological polar surface area (TPSA) is 86.8 Å². The molecule has 2 aromatic rings. The Morgan fingerprint density at radius 2 is 1.69 bits per heavy atom. The van der Waals surface area contributed by atoms with Crippen LogP contribution in [0.15, 0.2) is 54.6 Å². The zero-order chi connectivity index (χ0) is 23.7.